The Labute approximate surface area is 149 Å². The van der Waals surface area contributed by atoms with Crippen LogP contribution in [-0.2, 0) is 10.0 Å². The molecule has 0 spiro atoms. The number of hydrogen-bond donors (Lipinski definition) is 1. The third-order valence-corrected chi connectivity index (χ3v) is 5.68. The Balaban J connectivity index is 2.06. The highest BCUT2D eigenvalue weighted by Gasteiger charge is 2.23. The van der Waals surface area contributed by atoms with E-state index in [1.807, 2.05) is 62.4 Å². The smallest absolute Gasteiger partial charge is 0.207 e. The Morgan fingerprint density at radius 1 is 0.760 bits per heavy atom. The van der Waals surface area contributed by atoms with Gasteiger partial charge < -0.3 is 0 Å². The molecular formula is C21H21NO2S. The molecule has 0 aliphatic heterocycles. The predicted octanol–water partition coefficient (Wildman–Crippen LogP) is 4.37. The van der Waals surface area contributed by atoms with E-state index in [4.69, 9.17) is 0 Å². The van der Waals surface area contributed by atoms with Crippen molar-refractivity contribution >= 4 is 10.0 Å². The molecule has 0 amide bonds. The minimum Gasteiger partial charge on any atom is -0.207 e. The lowest BCUT2D eigenvalue weighted by molar-refractivity contribution is 0.572. The molecule has 1 atom stereocenters. The van der Waals surface area contributed by atoms with Crippen LogP contribution in [0.25, 0.3) is 0 Å². The Kier molecular flexibility index (Phi) is 5.02. The first-order valence-corrected chi connectivity index (χ1v) is 9.65. The van der Waals surface area contributed by atoms with Crippen molar-refractivity contribution in [3.63, 3.8) is 0 Å². The summed E-state index contributed by atoms with van der Waals surface area (Å²) in [5, 5.41) is 0. The van der Waals surface area contributed by atoms with Gasteiger partial charge >= 0.3 is 0 Å². The van der Waals surface area contributed by atoms with Crippen LogP contribution in [0.4, 0.5) is 0 Å². The maximum atomic E-state index is 12.9. The first-order chi connectivity index (χ1) is 12.0. The minimum atomic E-state index is -3.63. The van der Waals surface area contributed by atoms with Crippen molar-refractivity contribution in [1.29, 1.82) is 0 Å². The van der Waals surface area contributed by atoms with Gasteiger partial charge in [0.2, 0.25) is 10.0 Å². The fourth-order valence-corrected chi connectivity index (χ4v) is 4.03. The number of nitrogens with one attached hydrogen (secondary N) is 1. The Morgan fingerprint density at radius 3 is 2.00 bits per heavy atom. The van der Waals surface area contributed by atoms with E-state index in [1.165, 1.54) is 0 Å². The third-order valence-electron chi connectivity index (χ3n) is 4.24. The van der Waals surface area contributed by atoms with Crippen molar-refractivity contribution in [3.8, 4) is 0 Å². The van der Waals surface area contributed by atoms with Gasteiger partial charge in [-0.15, -0.1) is 0 Å². The van der Waals surface area contributed by atoms with Crippen molar-refractivity contribution in [2.75, 3.05) is 0 Å². The van der Waals surface area contributed by atoms with E-state index < -0.39 is 16.1 Å². The molecule has 0 fully saturated rings. The predicted molar refractivity (Wildman–Crippen MR) is 101 cm³/mol. The standard InChI is InChI=1S/C21H21NO2S/c1-16-12-14-18(15-13-16)21(20-11-7-6-8-17(20)2)22-25(23,24)19-9-4-3-5-10-19/h3-15,21-22H,1-2H3. The van der Waals surface area contributed by atoms with Crippen LogP contribution in [0.2, 0.25) is 0 Å². The summed E-state index contributed by atoms with van der Waals surface area (Å²) >= 11 is 0. The van der Waals surface area contributed by atoms with Crippen molar-refractivity contribution in [2.45, 2.75) is 24.8 Å². The van der Waals surface area contributed by atoms with Crippen molar-refractivity contribution in [2.24, 2.45) is 0 Å². The van der Waals surface area contributed by atoms with Gasteiger partial charge in [0.05, 0.1) is 10.9 Å². The molecule has 0 aromatic heterocycles. The third kappa shape index (κ3) is 3.98. The zero-order valence-corrected chi connectivity index (χ0v) is 15.1. The van der Waals surface area contributed by atoms with E-state index in [1.54, 1.807) is 30.3 Å². The van der Waals surface area contributed by atoms with Gasteiger partial charge in [-0.3, -0.25) is 0 Å². The van der Waals surface area contributed by atoms with E-state index >= 15 is 0 Å². The number of hydrogen-bond acceptors (Lipinski definition) is 2. The van der Waals surface area contributed by atoms with E-state index in [-0.39, 0.29) is 4.90 Å². The van der Waals surface area contributed by atoms with Gasteiger partial charge in [0, 0.05) is 0 Å². The molecule has 0 heterocycles. The molecule has 0 aliphatic rings. The fraction of sp³-hybridized carbons (Fsp3) is 0.143. The second kappa shape index (κ2) is 7.21. The topological polar surface area (TPSA) is 46.2 Å². The van der Waals surface area contributed by atoms with Gasteiger partial charge in [0.1, 0.15) is 0 Å². The Bertz CT molecular complexity index is 949. The van der Waals surface area contributed by atoms with Crippen LogP contribution in [0, 0.1) is 13.8 Å². The summed E-state index contributed by atoms with van der Waals surface area (Å²) in [5.41, 5.74) is 4.05. The molecule has 0 radical (unpaired) electrons. The first-order valence-electron chi connectivity index (χ1n) is 8.17. The second-order valence-electron chi connectivity index (χ2n) is 6.13. The van der Waals surface area contributed by atoms with Crippen molar-refractivity contribution in [3.05, 3.63) is 101 Å². The largest absolute Gasteiger partial charge is 0.241 e. The molecule has 3 nitrogen and oxygen atoms in total. The van der Waals surface area contributed by atoms with Crippen LogP contribution >= 0.6 is 0 Å². The van der Waals surface area contributed by atoms with Gasteiger partial charge in [-0.1, -0.05) is 72.3 Å². The molecule has 4 heteroatoms. The van der Waals surface area contributed by atoms with Crippen LogP contribution in [0.1, 0.15) is 28.3 Å². The molecule has 25 heavy (non-hydrogen) atoms. The lowest BCUT2D eigenvalue weighted by Gasteiger charge is -2.22. The molecule has 3 aromatic rings. The van der Waals surface area contributed by atoms with Crippen LogP contribution in [0.5, 0.6) is 0 Å². The zero-order valence-electron chi connectivity index (χ0n) is 14.3. The quantitative estimate of drug-likeness (QED) is 0.742. The summed E-state index contributed by atoms with van der Waals surface area (Å²) in [6.07, 6.45) is 0. The van der Waals surface area contributed by atoms with Gasteiger partial charge in [-0.25, -0.2) is 8.42 Å². The van der Waals surface area contributed by atoms with Crippen LogP contribution < -0.4 is 4.72 Å². The van der Waals surface area contributed by atoms with Crippen LogP contribution in [0.3, 0.4) is 0 Å². The fourth-order valence-electron chi connectivity index (χ4n) is 2.80. The molecule has 0 saturated carbocycles. The SMILES string of the molecule is Cc1ccc(C(NS(=O)(=O)c2ccccc2)c2ccccc2C)cc1. The molecule has 0 saturated heterocycles. The van der Waals surface area contributed by atoms with E-state index in [9.17, 15) is 8.42 Å². The highest BCUT2D eigenvalue weighted by molar-refractivity contribution is 7.89. The average molecular weight is 351 g/mol. The van der Waals surface area contributed by atoms with E-state index in [0.29, 0.717) is 0 Å². The Hall–Kier alpha value is -2.43. The maximum Gasteiger partial charge on any atom is 0.241 e. The monoisotopic (exact) mass is 351 g/mol. The number of rotatable bonds is 5. The summed E-state index contributed by atoms with van der Waals surface area (Å²) in [6, 6.07) is 23.8. The molecule has 128 valence electrons. The molecular weight excluding hydrogens is 330 g/mol. The van der Waals surface area contributed by atoms with E-state index in [0.717, 1.165) is 22.3 Å². The summed E-state index contributed by atoms with van der Waals surface area (Å²) in [6.45, 7) is 4.01. The van der Waals surface area contributed by atoms with Crippen LogP contribution in [-0.4, -0.2) is 8.42 Å². The van der Waals surface area contributed by atoms with Gasteiger partial charge in [-0.05, 0) is 42.7 Å². The summed E-state index contributed by atoms with van der Waals surface area (Å²) in [7, 11) is -3.63. The van der Waals surface area contributed by atoms with Crippen molar-refractivity contribution < 1.29 is 8.42 Å². The lowest BCUT2D eigenvalue weighted by Crippen LogP contribution is -2.30. The molecule has 3 rings (SSSR count). The number of benzene rings is 3. The normalized spacial score (nSPS) is 12.7. The summed E-state index contributed by atoms with van der Waals surface area (Å²) in [5.74, 6) is 0. The minimum absolute atomic E-state index is 0.265. The Morgan fingerprint density at radius 2 is 1.36 bits per heavy atom. The number of sulfonamides is 1. The van der Waals surface area contributed by atoms with Gasteiger partial charge in [0.25, 0.3) is 0 Å². The zero-order chi connectivity index (χ0) is 17.9. The summed E-state index contributed by atoms with van der Waals surface area (Å²) in [4.78, 5) is 0.265. The van der Waals surface area contributed by atoms with Crippen LogP contribution in [0.15, 0.2) is 83.8 Å². The average Bonchev–Trinajstić information content (AvgIpc) is 2.62. The highest BCUT2D eigenvalue weighted by Crippen LogP contribution is 2.27. The summed E-state index contributed by atoms with van der Waals surface area (Å²) < 4.78 is 28.6. The highest BCUT2D eigenvalue weighted by atomic mass is 32.2. The van der Waals surface area contributed by atoms with E-state index in [2.05, 4.69) is 4.72 Å². The number of aryl methyl sites for hydroxylation is 2. The van der Waals surface area contributed by atoms with Crippen molar-refractivity contribution in [1.82, 2.24) is 4.72 Å². The second-order valence-corrected chi connectivity index (χ2v) is 7.85. The first kappa shape index (κ1) is 17.4. The van der Waals surface area contributed by atoms with Gasteiger partial charge in [-0.2, -0.15) is 4.72 Å². The molecule has 0 aliphatic carbocycles. The molecule has 1 N–H and O–H groups in total. The maximum absolute atomic E-state index is 12.9. The lowest BCUT2D eigenvalue weighted by atomic mass is 9.95. The molecule has 1 unspecified atom stereocenters. The molecule has 0 bridgehead atoms. The molecule has 3 aromatic carbocycles. The van der Waals surface area contributed by atoms with Gasteiger partial charge in [0.15, 0.2) is 0 Å².